The zero-order valence-corrected chi connectivity index (χ0v) is 11.7. The molecule has 0 aliphatic heterocycles. The van der Waals surface area contributed by atoms with Crippen LogP contribution in [0.4, 0.5) is 0 Å². The summed E-state index contributed by atoms with van der Waals surface area (Å²) in [6, 6.07) is 7.00. The van der Waals surface area contributed by atoms with Crippen molar-refractivity contribution in [2.45, 2.75) is 19.8 Å². The third-order valence-corrected chi connectivity index (χ3v) is 2.12. The first kappa shape index (κ1) is 12.5. The summed E-state index contributed by atoms with van der Waals surface area (Å²) in [7, 11) is 0. The predicted octanol–water partition coefficient (Wildman–Crippen LogP) is 2.39. The second-order valence-electron chi connectivity index (χ2n) is 3.51. The first-order valence-corrected chi connectivity index (χ1v) is 4.65. The number of nitrogens with zero attached hydrogens (tertiary/aromatic N) is 2. The van der Waals surface area contributed by atoms with E-state index in [1.54, 1.807) is 6.20 Å². The van der Waals surface area contributed by atoms with Crippen molar-refractivity contribution in [2.24, 2.45) is 0 Å². The first-order valence-electron chi connectivity index (χ1n) is 4.65. The summed E-state index contributed by atoms with van der Waals surface area (Å²) < 4.78 is 0. The summed E-state index contributed by atoms with van der Waals surface area (Å²) in [5.41, 5.74) is 2.94. The molecule has 4 heteroatoms. The minimum Gasteiger partial charge on any atom is -0.381 e. The first-order chi connectivity index (χ1) is 6.77. The molecule has 0 saturated carbocycles. The quantitative estimate of drug-likeness (QED) is 0.855. The van der Waals surface area contributed by atoms with Gasteiger partial charge in [0, 0.05) is 44.6 Å². The number of H-pyrrole nitrogens is 1. The van der Waals surface area contributed by atoms with Gasteiger partial charge in [0.25, 0.3) is 0 Å². The van der Waals surface area contributed by atoms with Gasteiger partial charge in [-0.05, 0) is 17.7 Å². The maximum absolute atomic E-state index is 4.34. The second kappa shape index (κ2) is 5.52. The zero-order chi connectivity index (χ0) is 9.97. The summed E-state index contributed by atoms with van der Waals surface area (Å²) >= 11 is 0. The van der Waals surface area contributed by atoms with Crippen LogP contribution in [0.1, 0.15) is 25.3 Å². The van der Waals surface area contributed by atoms with Gasteiger partial charge in [-0.1, -0.05) is 20.0 Å². The van der Waals surface area contributed by atoms with Gasteiger partial charge in [0.05, 0.1) is 0 Å². The second-order valence-corrected chi connectivity index (χ2v) is 3.51. The van der Waals surface area contributed by atoms with Gasteiger partial charge in [0.1, 0.15) is 0 Å². The molecule has 0 saturated heterocycles. The molecule has 2 aromatic rings. The Kier molecular flexibility index (Phi) is 4.61. The van der Waals surface area contributed by atoms with Crippen LogP contribution in [0.5, 0.6) is 0 Å². The number of hydrogen-bond donors (Lipinski definition) is 1. The molecule has 15 heavy (non-hydrogen) atoms. The maximum Gasteiger partial charge on any atom is 0.0482 e. The predicted molar refractivity (Wildman–Crippen MR) is 54.7 cm³/mol. The van der Waals surface area contributed by atoms with E-state index in [4.69, 9.17) is 0 Å². The minimum absolute atomic E-state index is 0. The molecule has 0 amide bonds. The molecule has 0 aliphatic rings. The molecular weight excluding hydrogens is 263 g/mol. The SMILES string of the molecule is CC(C)c1[c-]cc(-c2ccn[nH]2)nc1.[Y]. The van der Waals surface area contributed by atoms with Crippen molar-refractivity contribution in [2.75, 3.05) is 0 Å². The third-order valence-electron chi connectivity index (χ3n) is 2.12. The molecule has 0 aliphatic carbocycles. The Labute approximate surface area is 115 Å². The van der Waals surface area contributed by atoms with E-state index in [1.165, 1.54) is 0 Å². The van der Waals surface area contributed by atoms with Crippen LogP contribution >= 0.6 is 0 Å². The van der Waals surface area contributed by atoms with E-state index in [0.29, 0.717) is 5.92 Å². The van der Waals surface area contributed by atoms with Gasteiger partial charge in [-0.2, -0.15) is 11.2 Å². The van der Waals surface area contributed by atoms with Crippen molar-refractivity contribution < 1.29 is 32.7 Å². The van der Waals surface area contributed by atoms with E-state index in [2.05, 4.69) is 35.1 Å². The van der Waals surface area contributed by atoms with Gasteiger partial charge in [-0.15, -0.1) is 11.6 Å². The van der Waals surface area contributed by atoms with Crippen LogP contribution in [-0.2, 0) is 32.7 Å². The van der Waals surface area contributed by atoms with E-state index in [0.717, 1.165) is 17.0 Å². The fraction of sp³-hybridized carbons (Fsp3) is 0.273. The summed E-state index contributed by atoms with van der Waals surface area (Å²) in [6.45, 7) is 4.26. The number of pyridine rings is 1. The van der Waals surface area contributed by atoms with Crippen LogP contribution in [0, 0.1) is 6.07 Å². The fourth-order valence-corrected chi connectivity index (χ4v) is 1.23. The van der Waals surface area contributed by atoms with Crippen LogP contribution in [0.25, 0.3) is 11.4 Å². The molecule has 75 valence electrons. The molecule has 1 radical (unpaired) electrons. The number of aromatic nitrogens is 3. The van der Waals surface area contributed by atoms with Crippen molar-refractivity contribution in [3.8, 4) is 11.4 Å². The van der Waals surface area contributed by atoms with Crippen LogP contribution in [0.2, 0.25) is 0 Å². The van der Waals surface area contributed by atoms with Gasteiger partial charge < -0.3 is 4.98 Å². The molecule has 2 aromatic heterocycles. The standard InChI is InChI=1S/C11H12N3.Y/c1-8(2)9-3-4-10(12-7-9)11-5-6-13-14-11;/h4-8H,1-2H3,(H,13,14);/q-1;. The van der Waals surface area contributed by atoms with E-state index in [9.17, 15) is 0 Å². The summed E-state index contributed by atoms with van der Waals surface area (Å²) in [6.07, 6.45) is 3.58. The van der Waals surface area contributed by atoms with E-state index in [1.807, 2.05) is 18.3 Å². The van der Waals surface area contributed by atoms with E-state index in [-0.39, 0.29) is 32.7 Å². The number of aromatic amines is 1. The Bertz CT molecular complexity index is 392. The van der Waals surface area contributed by atoms with Gasteiger partial charge in [-0.3, -0.25) is 5.10 Å². The molecule has 0 aromatic carbocycles. The summed E-state index contributed by atoms with van der Waals surface area (Å²) in [5, 5.41) is 6.75. The zero-order valence-electron chi connectivity index (χ0n) is 8.86. The van der Waals surface area contributed by atoms with Crippen molar-refractivity contribution in [3.63, 3.8) is 0 Å². The monoisotopic (exact) mass is 275 g/mol. The Morgan fingerprint density at radius 2 is 2.20 bits per heavy atom. The van der Waals surface area contributed by atoms with Gasteiger partial charge in [-0.25, -0.2) is 0 Å². The third kappa shape index (κ3) is 2.96. The van der Waals surface area contributed by atoms with Crippen LogP contribution in [0.3, 0.4) is 0 Å². The summed E-state index contributed by atoms with van der Waals surface area (Å²) in [5.74, 6) is 0.471. The Morgan fingerprint density at radius 3 is 2.67 bits per heavy atom. The number of rotatable bonds is 2. The van der Waals surface area contributed by atoms with Crippen molar-refractivity contribution in [1.29, 1.82) is 0 Å². The maximum atomic E-state index is 4.34. The largest absolute Gasteiger partial charge is 0.381 e. The van der Waals surface area contributed by atoms with Gasteiger partial charge in [0.2, 0.25) is 0 Å². The van der Waals surface area contributed by atoms with Crippen molar-refractivity contribution >= 4 is 0 Å². The molecule has 0 atom stereocenters. The fourth-order valence-electron chi connectivity index (χ4n) is 1.23. The Hall–Kier alpha value is -0.536. The number of nitrogens with one attached hydrogen (secondary N) is 1. The topological polar surface area (TPSA) is 41.6 Å². The molecule has 1 N–H and O–H groups in total. The average molecular weight is 275 g/mol. The van der Waals surface area contributed by atoms with Crippen LogP contribution in [0.15, 0.2) is 24.5 Å². The van der Waals surface area contributed by atoms with Crippen molar-refractivity contribution in [3.05, 3.63) is 36.2 Å². The Morgan fingerprint density at radius 1 is 1.40 bits per heavy atom. The molecule has 0 bridgehead atoms. The van der Waals surface area contributed by atoms with E-state index >= 15 is 0 Å². The molecule has 2 heterocycles. The van der Waals surface area contributed by atoms with Crippen LogP contribution < -0.4 is 0 Å². The molecule has 2 rings (SSSR count). The van der Waals surface area contributed by atoms with Crippen molar-refractivity contribution in [1.82, 2.24) is 15.2 Å². The van der Waals surface area contributed by atoms with E-state index < -0.39 is 0 Å². The average Bonchev–Trinajstić information content (AvgIpc) is 2.71. The molecular formula is C11H12N3Y-. The Balaban J connectivity index is 0.00000112. The molecule has 0 spiro atoms. The number of hydrogen-bond acceptors (Lipinski definition) is 2. The summed E-state index contributed by atoms with van der Waals surface area (Å²) in [4.78, 5) is 4.34. The normalized spacial score (nSPS) is 10.1. The molecule has 3 nitrogen and oxygen atoms in total. The smallest absolute Gasteiger partial charge is 0.0482 e. The molecule has 0 unspecified atom stereocenters. The minimum atomic E-state index is 0. The molecule has 0 fully saturated rings. The van der Waals surface area contributed by atoms with Crippen LogP contribution in [-0.4, -0.2) is 15.2 Å². The van der Waals surface area contributed by atoms with Gasteiger partial charge in [0.15, 0.2) is 0 Å². The van der Waals surface area contributed by atoms with Gasteiger partial charge >= 0.3 is 0 Å².